The fourth-order valence-electron chi connectivity index (χ4n) is 10.0. The number of nitrogens with zero attached hydrogens (tertiary/aromatic N) is 1. The molecule has 0 rings (SSSR count). The number of unbranched alkanes of at least 4 members (excludes halogenated alkanes) is 40. The van der Waals surface area contributed by atoms with Crippen molar-refractivity contribution < 1.29 is 37.3 Å². The van der Waals surface area contributed by atoms with Crippen LogP contribution in [0, 0.1) is 0 Å². The Kier molecular flexibility index (Phi) is 57.6. The Hall–Kier alpha value is -2.03. The number of likely N-dealkylation sites (N-methyl/N-ethyl adjacent to an activating group) is 1. The highest BCUT2D eigenvalue weighted by Gasteiger charge is 2.30. The number of hydrogen-bond acceptors (Lipinski definition) is 6. The van der Waals surface area contributed by atoms with Gasteiger partial charge in [0.25, 0.3) is 0 Å². The number of carbonyl (C=O) groups excluding carboxylic acids is 2. The van der Waals surface area contributed by atoms with E-state index in [4.69, 9.17) is 13.8 Å². The number of amides is 1. The summed E-state index contributed by atoms with van der Waals surface area (Å²) in [5.74, 6) is -0.491. The summed E-state index contributed by atoms with van der Waals surface area (Å²) in [7, 11) is 1.51. The molecule has 2 N–H and O–H groups in total. The Morgan fingerprint density at radius 3 is 1.18 bits per heavy atom. The molecule has 1 amide bonds. The van der Waals surface area contributed by atoms with E-state index in [2.05, 4.69) is 62.5 Å². The SMILES string of the molecule is CCCCC/C=C\C/C=C\C/C=C\CCCCCCCCCCCCCCCCC(=O)OC(/C=C\CCCCCCCCCCCCC)C(COP(=O)(O)OCC[N+](C)(C)C)NC(=O)CCCCCCCCCCCCCCC. The molecule has 0 radical (unpaired) electrons. The van der Waals surface area contributed by atoms with Crippen molar-refractivity contribution in [2.45, 2.75) is 341 Å². The predicted molar refractivity (Wildman–Crippen MR) is 342 cm³/mol. The minimum Gasteiger partial charge on any atom is -0.456 e. The van der Waals surface area contributed by atoms with Crippen molar-refractivity contribution in [2.24, 2.45) is 0 Å². The van der Waals surface area contributed by atoms with Crippen LogP contribution >= 0.6 is 7.82 Å². The molecule has 10 heteroatoms. The summed E-state index contributed by atoms with van der Waals surface area (Å²) < 4.78 is 30.8. The van der Waals surface area contributed by atoms with Crippen molar-refractivity contribution in [2.75, 3.05) is 40.9 Å². The number of nitrogens with one attached hydrogen (secondary N) is 1. The number of carbonyl (C=O) groups is 2. The Balaban J connectivity index is 5.02. The number of phosphoric ester groups is 1. The van der Waals surface area contributed by atoms with E-state index in [1.54, 1.807) is 0 Å². The molecule has 0 aliphatic rings. The molecule has 0 aliphatic carbocycles. The Morgan fingerprint density at radius 2 is 0.772 bits per heavy atom. The molecule has 79 heavy (non-hydrogen) atoms. The Bertz CT molecular complexity index is 1490. The van der Waals surface area contributed by atoms with Crippen LogP contribution in [0.1, 0.15) is 329 Å². The highest BCUT2D eigenvalue weighted by Crippen LogP contribution is 2.43. The first-order valence-corrected chi connectivity index (χ1v) is 35.5. The number of allylic oxidation sites excluding steroid dienone is 7. The molecule has 0 aliphatic heterocycles. The molecule has 0 aromatic rings. The van der Waals surface area contributed by atoms with Crippen LogP contribution in [-0.2, 0) is 27.9 Å². The second-order valence-electron chi connectivity index (χ2n) is 24.4. The maximum absolute atomic E-state index is 13.5. The summed E-state index contributed by atoms with van der Waals surface area (Å²) in [6, 6.07) is -0.845. The number of rotatable bonds is 62. The van der Waals surface area contributed by atoms with E-state index in [-0.39, 0.29) is 25.1 Å². The zero-order valence-electron chi connectivity index (χ0n) is 53.1. The van der Waals surface area contributed by atoms with Crippen molar-refractivity contribution in [3.63, 3.8) is 0 Å². The zero-order chi connectivity index (χ0) is 57.9. The van der Waals surface area contributed by atoms with E-state index in [1.807, 2.05) is 33.3 Å². The topological polar surface area (TPSA) is 111 Å². The second kappa shape index (κ2) is 59.1. The van der Waals surface area contributed by atoms with Gasteiger partial charge in [0.2, 0.25) is 5.91 Å². The lowest BCUT2D eigenvalue weighted by Gasteiger charge is -2.27. The lowest BCUT2D eigenvalue weighted by Crippen LogP contribution is -2.47. The van der Waals surface area contributed by atoms with E-state index < -0.39 is 20.0 Å². The first-order valence-electron chi connectivity index (χ1n) is 34.0. The number of quaternary nitrogens is 1. The van der Waals surface area contributed by atoms with Gasteiger partial charge in [0.1, 0.15) is 19.3 Å². The minimum absolute atomic E-state index is 0.0424. The summed E-state index contributed by atoms with van der Waals surface area (Å²) in [4.78, 5) is 37.8. The van der Waals surface area contributed by atoms with Crippen LogP contribution in [-0.4, -0.2) is 74.3 Å². The van der Waals surface area contributed by atoms with Crippen LogP contribution < -0.4 is 5.32 Å². The molecular weight excluding hydrogens is 1000 g/mol. The van der Waals surface area contributed by atoms with Crippen LogP contribution in [0.5, 0.6) is 0 Å². The zero-order valence-corrected chi connectivity index (χ0v) is 54.0. The van der Waals surface area contributed by atoms with Gasteiger partial charge < -0.3 is 19.4 Å². The van der Waals surface area contributed by atoms with Gasteiger partial charge in [-0.05, 0) is 70.3 Å². The monoisotopic (exact) mass is 1130 g/mol. The molecule has 3 atom stereocenters. The fourth-order valence-corrected chi connectivity index (χ4v) is 10.7. The molecule has 3 unspecified atom stereocenters. The molecule has 0 saturated heterocycles. The summed E-state index contributed by atoms with van der Waals surface area (Å²) in [5.41, 5.74) is 0. The van der Waals surface area contributed by atoms with Crippen molar-refractivity contribution in [1.82, 2.24) is 5.32 Å². The van der Waals surface area contributed by atoms with Gasteiger partial charge in [-0.2, -0.15) is 0 Å². The first-order chi connectivity index (χ1) is 38.4. The van der Waals surface area contributed by atoms with E-state index in [0.29, 0.717) is 23.9 Å². The van der Waals surface area contributed by atoms with Gasteiger partial charge in [-0.25, -0.2) is 4.57 Å². The van der Waals surface area contributed by atoms with Crippen LogP contribution in [0.25, 0.3) is 0 Å². The summed E-state index contributed by atoms with van der Waals surface area (Å²) >= 11 is 0. The van der Waals surface area contributed by atoms with Gasteiger partial charge in [0, 0.05) is 12.8 Å². The second-order valence-corrected chi connectivity index (χ2v) is 25.8. The lowest BCUT2D eigenvalue weighted by atomic mass is 10.0. The van der Waals surface area contributed by atoms with Gasteiger partial charge in [0.15, 0.2) is 0 Å². The molecule has 0 heterocycles. The van der Waals surface area contributed by atoms with Crippen molar-refractivity contribution >= 4 is 19.7 Å². The first kappa shape index (κ1) is 77.0. The van der Waals surface area contributed by atoms with Crippen molar-refractivity contribution in [1.29, 1.82) is 0 Å². The molecule has 0 aromatic heterocycles. The van der Waals surface area contributed by atoms with Gasteiger partial charge in [-0.15, -0.1) is 0 Å². The third-order valence-electron chi connectivity index (χ3n) is 15.3. The van der Waals surface area contributed by atoms with Gasteiger partial charge in [0.05, 0.1) is 33.8 Å². The van der Waals surface area contributed by atoms with Crippen LogP contribution in [0.2, 0.25) is 0 Å². The summed E-state index contributed by atoms with van der Waals surface area (Å²) in [6.07, 6.45) is 74.0. The average Bonchev–Trinajstić information content (AvgIpc) is 3.41. The largest absolute Gasteiger partial charge is 0.472 e. The van der Waals surface area contributed by atoms with Crippen molar-refractivity contribution in [3.05, 3.63) is 48.6 Å². The standard InChI is InChI=1S/C69H131N2O7P/c1-7-10-13-16-19-22-25-28-29-30-31-32-33-34-35-36-37-38-39-40-41-44-47-50-53-56-59-62-69(73)78-67(60-57-54-51-48-45-42-26-23-20-17-14-11-8-2)66(65-77-79(74,75)76-64-63-71(4,5)6)70-68(72)61-58-55-52-49-46-43-27-24-21-18-15-12-9-3/h19,22,28-29,31-32,57,60,66-67H,7-18,20-21,23-27,30,33-56,58-59,61-65H2,1-6H3,(H-,70,72,74,75)/p+1/b22-19-,29-28-,32-31-,60-57-. The molecule has 0 aromatic carbocycles. The number of hydrogen-bond donors (Lipinski definition) is 2. The van der Waals surface area contributed by atoms with Crippen molar-refractivity contribution in [3.8, 4) is 0 Å². The van der Waals surface area contributed by atoms with Crippen LogP contribution in [0.4, 0.5) is 0 Å². The van der Waals surface area contributed by atoms with Gasteiger partial charge >= 0.3 is 13.8 Å². The molecule has 9 nitrogen and oxygen atoms in total. The molecule has 0 spiro atoms. The average molecular weight is 1130 g/mol. The highest BCUT2D eigenvalue weighted by molar-refractivity contribution is 7.47. The van der Waals surface area contributed by atoms with E-state index >= 15 is 0 Å². The molecule has 0 bridgehead atoms. The summed E-state index contributed by atoms with van der Waals surface area (Å²) in [5, 5.41) is 3.07. The maximum atomic E-state index is 13.5. The molecule has 0 fully saturated rings. The fraction of sp³-hybridized carbons (Fsp3) is 0.855. The molecule has 0 saturated carbocycles. The minimum atomic E-state index is -4.45. The normalized spacial score (nSPS) is 13.9. The van der Waals surface area contributed by atoms with E-state index in [1.165, 1.54) is 225 Å². The number of esters is 1. The quantitative estimate of drug-likeness (QED) is 0.0205. The highest BCUT2D eigenvalue weighted by atomic mass is 31.2. The smallest absolute Gasteiger partial charge is 0.456 e. The third kappa shape index (κ3) is 60.4. The molecule has 464 valence electrons. The number of phosphoric acid groups is 1. The van der Waals surface area contributed by atoms with E-state index in [9.17, 15) is 19.0 Å². The van der Waals surface area contributed by atoms with Crippen LogP contribution in [0.15, 0.2) is 48.6 Å². The predicted octanol–water partition coefficient (Wildman–Crippen LogP) is 21.2. The van der Waals surface area contributed by atoms with Gasteiger partial charge in [-0.1, -0.05) is 294 Å². The number of ether oxygens (including phenoxy) is 1. The Labute approximate surface area is 490 Å². The molecular formula is C69H132N2O7P+. The van der Waals surface area contributed by atoms with Gasteiger partial charge in [-0.3, -0.25) is 18.6 Å². The maximum Gasteiger partial charge on any atom is 0.472 e. The summed E-state index contributed by atoms with van der Waals surface area (Å²) in [6.45, 7) is 7.02. The van der Waals surface area contributed by atoms with E-state index in [0.717, 1.165) is 70.6 Å². The third-order valence-corrected chi connectivity index (χ3v) is 16.3. The Morgan fingerprint density at radius 1 is 0.443 bits per heavy atom. The lowest BCUT2D eigenvalue weighted by molar-refractivity contribution is -0.870. The van der Waals surface area contributed by atoms with Crippen LogP contribution in [0.3, 0.4) is 0 Å².